The zero-order valence-corrected chi connectivity index (χ0v) is 9.90. The zero-order chi connectivity index (χ0) is 11.4. The average molecular weight is 209 g/mol. The lowest BCUT2D eigenvalue weighted by Crippen LogP contribution is -2.22. The summed E-state index contributed by atoms with van der Waals surface area (Å²) in [4.78, 5) is 0. The van der Waals surface area contributed by atoms with Crippen molar-refractivity contribution in [2.75, 3.05) is 0 Å². The third-order valence-electron chi connectivity index (χ3n) is 3.42. The fourth-order valence-electron chi connectivity index (χ4n) is 2.09. The standard InChI is InChI=1S/C16H17/c1-3-16(2,14-10-6-4-7-11-14)15-12-8-5-9-13-15/h4-12H,3H2,1-2H3. The van der Waals surface area contributed by atoms with E-state index in [4.69, 9.17) is 0 Å². The Bertz CT molecular complexity index is 389. The van der Waals surface area contributed by atoms with Crippen molar-refractivity contribution in [3.8, 4) is 0 Å². The first kappa shape index (κ1) is 10.9. The van der Waals surface area contributed by atoms with Crippen molar-refractivity contribution < 1.29 is 0 Å². The lowest BCUT2D eigenvalue weighted by molar-refractivity contribution is 0.549. The van der Waals surface area contributed by atoms with Gasteiger partial charge in [0.05, 0.1) is 0 Å². The Morgan fingerprint density at radius 2 is 1.69 bits per heavy atom. The Morgan fingerprint density at radius 3 is 2.25 bits per heavy atom. The second-order valence-corrected chi connectivity index (χ2v) is 4.33. The van der Waals surface area contributed by atoms with Crippen molar-refractivity contribution in [2.24, 2.45) is 0 Å². The molecule has 0 amide bonds. The van der Waals surface area contributed by atoms with Crippen LogP contribution in [0, 0.1) is 6.07 Å². The molecule has 0 saturated heterocycles. The molecule has 0 aliphatic rings. The normalized spacial score (nSPS) is 11.4. The number of hydrogen-bond acceptors (Lipinski definition) is 0. The lowest BCUT2D eigenvalue weighted by Gasteiger charge is -2.29. The SMILES string of the molecule is CCC(C)(c1[c]cccc1)c1ccccc1. The average Bonchev–Trinajstić information content (AvgIpc) is 2.40. The molecule has 0 N–H and O–H groups in total. The summed E-state index contributed by atoms with van der Waals surface area (Å²) in [5.74, 6) is 0. The van der Waals surface area contributed by atoms with Gasteiger partial charge in [-0.3, -0.25) is 0 Å². The molecule has 16 heavy (non-hydrogen) atoms. The van der Waals surface area contributed by atoms with Crippen LogP contribution in [0.4, 0.5) is 0 Å². The monoisotopic (exact) mass is 209 g/mol. The highest BCUT2D eigenvalue weighted by Crippen LogP contribution is 2.34. The van der Waals surface area contributed by atoms with Crippen LogP contribution in [-0.2, 0) is 5.41 Å². The predicted octanol–water partition coefficient (Wildman–Crippen LogP) is 4.20. The van der Waals surface area contributed by atoms with E-state index in [1.165, 1.54) is 11.1 Å². The van der Waals surface area contributed by atoms with E-state index < -0.39 is 0 Å². The summed E-state index contributed by atoms with van der Waals surface area (Å²) in [6, 6.07) is 22.3. The van der Waals surface area contributed by atoms with Crippen LogP contribution in [0.3, 0.4) is 0 Å². The highest BCUT2D eigenvalue weighted by molar-refractivity contribution is 5.37. The minimum absolute atomic E-state index is 0.0719. The van der Waals surface area contributed by atoms with Gasteiger partial charge in [0.2, 0.25) is 0 Å². The van der Waals surface area contributed by atoms with Crippen molar-refractivity contribution in [3.63, 3.8) is 0 Å². The molecule has 81 valence electrons. The molecule has 2 aromatic rings. The highest BCUT2D eigenvalue weighted by atomic mass is 14.3. The Kier molecular flexibility index (Phi) is 3.09. The number of rotatable bonds is 3. The summed E-state index contributed by atoms with van der Waals surface area (Å²) < 4.78 is 0. The molecule has 0 aliphatic carbocycles. The van der Waals surface area contributed by atoms with Gasteiger partial charge in [0, 0.05) is 5.41 Å². The third kappa shape index (κ3) is 1.88. The number of hydrogen-bond donors (Lipinski definition) is 0. The molecule has 2 aromatic carbocycles. The molecule has 0 saturated carbocycles. The van der Waals surface area contributed by atoms with Gasteiger partial charge < -0.3 is 0 Å². The van der Waals surface area contributed by atoms with Gasteiger partial charge in [0.1, 0.15) is 0 Å². The molecule has 1 atom stereocenters. The van der Waals surface area contributed by atoms with Gasteiger partial charge in [-0.2, -0.15) is 0 Å². The van der Waals surface area contributed by atoms with E-state index in [0.29, 0.717) is 0 Å². The first-order valence-corrected chi connectivity index (χ1v) is 5.80. The molecule has 0 heteroatoms. The fraction of sp³-hybridized carbons (Fsp3) is 0.250. The summed E-state index contributed by atoms with van der Waals surface area (Å²) in [6.45, 7) is 4.52. The van der Waals surface area contributed by atoms with Gasteiger partial charge in [-0.25, -0.2) is 0 Å². The molecular weight excluding hydrogens is 192 g/mol. The first-order chi connectivity index (χ1) is 7.77. The molecular formula is C16H17. The van der Waals surface area contributed by atoms with E-state index in [2.05, 4.69) is 62.4 Å². The van der Waals surface area contributed by atoms with E-state index in [1.807, 2.05) is 12.1 Å². The smallest absolute Gasteiger partial charge is 0.0178 e. The van der Waals surface area contributed by atoms with Crippen LogP contribution in [0.15, 0.2) is 54.6 Å². The Balaban J connectivity index is 2.49. The Labute approximate surface area is 97.9 Å². The Morgan fingerprint density at radius 1 is 1.00 bits per heavy atom. The van der Waals surface area contributed by atoms with Crippen LogP contribution in [0.2, 0.25) is 0 Å². The third-order valence-corrected chi connectivity index (χ3v) is 3.42. The fourth-order valence-corrected chi connectivity index (χ4v) is 2.09. The van der Waals surface area contributed by atoms with Crippen molar-refractivity contribution >= 4 is 0 Å². The molecule has 0 nitrogen and oxygen atoms in total. The van der Waals surface area contributed by atoms with Crippen LogP contribution >= 0.6 is 0 Å². The van der Waals surface area contributed by atoms with E-state index in [-0.39, 0.29) is 5.41 Å². The van der Waals surface area contributed by atoms with Gasteiger partial charge in [-0.15, -0.1) is 0 Å². The summed E-state index contributed by atoms with van der Waals surface area (Å²) in [6.07, 6.45) is 1.08. The molecule has 0 spiro atoms. The summed E-state index contributed by atoms with van der Waals surface area (Å²) in [7, 11) is 0. The van der Waals surface area contributed by atoms with Gasteiger partial charge in [-0.1, -0.05) is 68.4 Å². The molecule has 0 fully saturated rings. The van der Waals surface area contributed by atoms with Gasteiger partial charge in [0.25, 0.3) is 0 Å². The molecule has 0 heterocycles. The zero-order valence-electron chi connectivity index (χ0n) is 9.90. The highest BCUT2D eigenvalue weighted by Gasteiger charge is 2.26. The van der Waals surface area contributed by atoms with E-state index >= 15 is 0 Å². The summed E-state index contributed by atoms with van der Waals surface area (Å²) in [5, 5.41) is 0. The van der Waals surface area contributed by atoms with E-state index in [9.17, 15) is 0 Å². The van der Waals surface area contributed by atoms with Gasteiger partial charge in [0.15, 0.2) is 0 Å². The molecule has 0 aromatic heterocycles. The predicted molar refractivity (Wildman–Crippen MR) is 68.5 cm³/mol. The Hall–Kier alpha value is -1.56. The second kappa shape index (κ2) is 4.52. The first-order valence-electron chi connectivity index (χ1n) is 5.80. The molecule has 0 bridgehead atoms. The largest absolute Gasteiger partial charge is 0.0642 e. The second-order valence-electron chi connectivity index (χ2n) is 4.33. The number of benzene rings is 2. The van der Waals surface area contributed by atoms with Crippen molar-refractivity contribution in [1.82, 2.24) is 0 Å². The van der Waals surface area contributed by atoms with Crippen LogP contribution < -0.4 is 0 Å². The quantitative estimate of drug-likeness (QED) is 0.710. The maximum absolute atomic E-state index is 3.36. The maximum atomic E-state index is 3.36. The molecule has 1 radical (unpaired) electrons. The van der Waals surface area contributed by atoms with E-state index in [1.54, 1.807) is 0 Å². The lowest BCUT2D eigenvalue weighted by atomic mass is 9.74. The van der Waals surface area contributed by atoms with Gasteiger partial charge in [-0.05, 0) is 23.6 Å². The molecule has 1 unspecified atom stereocenters. The molecule has 2 rings (SSSR count). The minimum atomic E-state index is 0.0719. The van der Waals surface area contributed by atoms with Crippen molar-refractivity contribution in [3.05, 3.63) is 71.8 Å². The minimum Gasteiger partial charge on any atom is -0.0642 e. The topological polar surface area (TPSA) is 0 Å². The van der Waals surface area contributed by atoms with Gasteiger partial charge >= 0.3 is 0 Å². The van der Waals surface area contributed by atoms with E-state index in [0.717, 1.165) is 6.42 Å². The summed E-state index contributed by atoms with van der Waals surface area (Å²) in [5.41, 5.74) is 2.70. The van der Waals surface area contributed by atoms with Crippen LogP contribution in [0.5, 0.6) is 0 Å². The van der Waals surface area contributed by atoms with Crippen LogP contribution in [0.1, 0.15) is 31.4 Å². The van der Waals surface area contributed by atoms with Crippen LogP contribution in [0.25, 0.3) is 0 Å². The molecule has 0 aliphatic heterocycles. The maximum Gasteiger partial charge on any atom is 0.0178 e. The van der Waals surface area contributed by atoms with Crippen LogP contribution in [-0.4, -0.2) is 0 Å². The summed E-state index contributed by atoms with van der Waals surface area (Å²) >= 11 is 0. The van der Waals surface area contributed by atoms with Crippen molar-refractivity contribution in [1.29, 1.82) is 0 Å². The van der Waals surface area contributed by atoms with Crippen molar-refractivity contribution in [2.45, 2.75) is 25.7 Å².